The molecule has 0 unspecified atom stereocenters. The molecule has 0 saturated heterocycles. The van der Waals surface area contributed by atoms with E-state index >= 15 is 0 Å². The quantitative estimate of drug-likeness (QED) is 0.347. The number of carbonyl (C=O) groups excluding carboxylic acids is 2. The Morgan fingerprint density at radius 1 is 0.970 bits per heavy atom. The van der Waals surface area contributed by atoms with Crippen LogP contribution < -0.4 is 11.1 Å². The van der Waals surface area contributed by atoms with Crippen molar-refractivity contribution in [3.63, 3.8) is 0 Å². The minimum Gasteiger partial charge on any atom is -0.366 e. The van der Waals surface area contributed by atoms with Crippen LogP contribution in [0.5, 0.6) is 0 Å². The van der Waals surface area contributed by atoms with Crippen LogP contribution in [0.2, 0.25) is 10.0 Å². The highest BCUT2D eigenvalue weighted by atomic mass is 35.5. The molecule has 0 fully saturated rings. The number of carbonyl (C=O) groups is 2. The fourth-order valence-corrected chi connectivity index (χ4v) is 4.39. The molecule has 0 atom stereocenters. The zero-order chi connectivity index (χ0) is 23.4. The maximum Gasteiger partial charge on any atom is 0.250 e. The molecule has 0 radical (unpaired) electrons. The zero-order valence-electron chi connectivity index (χ0n) is 17.0. The summed E-state index contributed by atoms with van der Waals surface area (Å²) in [5, 5.41) is 12.8. The molecule has 0 aliphatic heterocycles. The van der Waals surface area contributed by atoms with Gasteiger partial charge in [0.15, 0.2) is 11.0 Å². The van der Waals surface area contributed by atoms with Crippen molar-refractivity contribution in [1.82, 2.24) is 14.8 Å². The van der Waals surface area contributed by atoms with Gasteiger partial charge in [0.05, 0.1) is 22.0 Å². The Morgan fingerprint density at radius 2 is 1.70 bits per heavy atom. The summed E-state index contributed by atoms with van der Waals surface area (Å²) in [6, 6.07) is 21.2. The Kier molecular flexibility index (Phi) is 6.98. The number of amides is 2. The van der Waals surface area contributed by atoms with Crippen molar-refractivity contribution < 1.29 is 9.59 Å². The summed E-state index contributed by atoms with van der Waals surface area (Å²) in [7, 11) is 0. The number of primary amides is 1. The Labute approximate surface area is 203 Å². The summed E-state index contributed by atoms with van der Waals surface area (Å²) in [4.78, 5) is 24.2. The molecule has 166 valence electrons. The topological polar surface area (TPSA) is 103 Å². The van der Waals surface area contributed by atoms with E-state index in [-0.39, 0.29) is 17.2 Å². The lowest BCUT2D eigenvalue weighted by Gasteiger charge is -2.12. The highest BCUT2D eigenvalue weighted by molar-refractivity contribution is 7.99. The molecule has 7 nitrogen and oxygen atoms in total. The summed E-state index contributed by atoms with van der Waals surface area (Å²) in [5.74, 6) is -0.383. The van der Waals surface area contributed by atoms with Gasteiger partial charge >= 0.3 is 0 Å². The molecule has 3 aromatic carbocycles. The first-order chi connectivity index (χ1) is 15.9. The van der Waals surface area contributed by atoms with Gasteiger partial charge in [0, 0.05) is 16.3 Å². The number of aromatic nitrogens is 3. The predicted molar refractivity (Wildman–Crippen MR) is 131 cm³/mol. The number of hydrogen-bond acceptors (Lipinski definition) is 5. The first-order valence-electron chi connectivity index (χ1n) is 9.72. The van der Waals surface area contributed by atoms with E-state index in [1.54, 1.807) is 42.5 Å². The standard InChI is InChI=1S/C23H17Cl2N5O2S/c24-14-10-11-16(18(25)12-14)22-28-29-23(30(22)15-6-2-1-3-7-15)33-13-20(31)27-19-9-5-4-8-17(19)21(26)32/h1-12H,13H2,(H2,26,32)(H,27,31). The molecule has 0 saturated carbocycles. The van der Waals surface area contributed by atoms with E-state index in [4.69, 9.17) is 28.9 Å². The Hall–Kier alpha value is -3.33. The molecule has 33 heavy (non-hydrogen) atoms. The third-order valence-electron chi connectivity index (χ3n) is 4.62. The Bertz CT molecular complexity index is 1330. The first-order valence-corrected chi connectivity index (χ1v) is 11.5. The SMILES string of the molecule is NC(=O)c1ccccc1NC(=O)CSc1nnc(-c2ccc(Cl)cc2Cl)n1-c1ccccc1. The lowest BCUT2D eigenvalue weighted by atomic mass is 10.1. The van der Waals surface area contributed by atoms with Crippen molar-refractivity contribution in [2.24, 2.45) is 5.73 Å². The minimum atomic E-state index is -0.619. The van der Waals surface area contributed by atoms with Crippen molar-refractivity contribution >= 4 is 52.5 Å². The van der Waals surface area contributed by atoms with Gasteiger partial charge in [-0.25, -0.2) is 0 Å². The molecule has 3 N–H and O–H groups in total. The third kappa shape index (κ3) is 5.19. The average molecular weight is 498 g/mol. The van der Waals surface area contributed by atoms with E-state index in [2.05, 4.69) is 15.5 Å². The summed E-state index contributed by atoms with van der Waals surface area (Å²) in [6.45, 7) is 0. The second-order valence-electron chi connectivity index (χ2n) is 6.85. The zero-order valence-corrected chi connectivity index (χ0v) is 19.4. The second-order valence-corrected chi connectivity index (χ2v) is 8.63. The van der Waals surface area contributed by atoms with Crippen molar-refractivity contribution in [2.45, 2.75) is 5.16 Å². The van der Waals surface area contributed by atoms with Crippen molar-refractivity contribution in [3.8, 4) is 17.1 Å². The number of benzene rings is 3. The van der Waals surface area contributed by atoms with Crippen LogP contribution in [-0.4, -0.2) is 32.3 Å². The number of hydrogen-bond donors (Lipinski definition) is 2. The largest absolute Gasteiger partial charge is 0.366 e. The molecule has 0 aliphatic carbocycles. The summed E-state index contributed by atoms with van der Waals surface area (Å²) >= 11 is 13.7. The molecule has 0 spiro atoms. The number of nitrogens with zero attached hydrogens (tertiary/aromatic N) is 3. The van der Waals surface area contributed by atoms with Gasteiger partial charge in [-0.3, -0.25) is 14.2 Å². The normalized spacial score (nSPS) is 10.7. The van der Waals surface area contributed by atoms with Gasteiger partial charge in [-0.15, -0.1) is 10.2 Å². The van der Waals surface area contributed by atoms with Crippen LogP contribution in [0, 0.1) is 0 Å². The molecule has 1 heterocycles. The lowest BCUT2D eigenvalue weighted by Crippen LogP contribution is -2.19. The Balaban J connectivity index is 1.61. The van der Waals surface area contributed by atoms with Crippen molar-refractivity contribution in [2.75, 3.05) is 11.1 Å². The van der Waals surface area contributed by atoms with Crippen LogP contribution in [0.1, 0.15) is 10.4 Å². The number of nitrogens with two attached hydrogens (primary N) is 1. The van der Waals surface area contributed by atoms with Gasteiger partial charge in [0.1, 0.15) is 0 Å². The van der Waals surface area contributed by atoms with E-state index in [0.29, 0.717) is 32.3 Å². The van der Waals surface area contributed by atoms with E-state index in [9.17, 15) is 9.59 Å². The molecule has 1 aromatic heterocycles. The van der Waals surface area contributed by atoms with Crippen LogP contribution in [0.4, 0.5) is 5.69 Å². The van der Waals surface area contributed by atoms with Crippen LogP contribution in [0.25, 0.3) is 17.1 Å². The summed E-state index contributed by atoms with van der Waals surface area (Å²) in [6.07, 6.45) is 0. The monoisotopic (exact) mass is 497 g/mol. The number of anilines is 1. The van der Waals surface area contributed by atoms with Gasteiger partial charge in [-0.2, -0.15) is 0 Å². The lowest BCUT2D eigenvalue weighted by molar-refractivity contribution is -0.113. The predicted octanol–water partition coefficient (Wildman–Crippen LogP) is 5.07. The van der Waals surface area contributed by atoms with Gasteiger partial charge in [0.2, 0.25) is 5.91 Å². The number of nitrogens with one attached hydrogen (secondary N) is 1. The third-order valence-corrected chi connectivity index (χ3v) is 6.10. The van der Waals surface area contributed by atoms with Gasteiger partial charge in [-0.05, 0) is 42.5 Å². The number of rotatable bonds is 7. The molecule has 0 aliphatic rings. The van der Waals surface area contributed by atoms with E-state index < -0.39 is 5.91 Å². The second kappa shape index (κ2) is 10.1. The first kappa shape index (κ1) is 22.8. The number of thioether (sulfide) groups is 1. The van der Waals surface area contributed by atoms with E-state index in [1.165, 1.54) is 11.8 Å². The molecule has 10 heteroatoms. The van der Waals surface area contributed by atoms with Crippen molar-refractivity contribution in [1.29, 1.82) is 0 Å². The smallest absolute Gasteiger partial charge is 0.250 e. The summed E-state index contributed by atoms with van der Waals surface area (Å²) in [5.41, 5.74) is 7.44. The molecular weight excluding hydrogens is 481 g/mol. The average Bonchev–Trinajstić information content (AvgIpc) is 3.22. The molecular formula is C23H17Cl2N5O2S. The van der Waals surface area contributed by atoms with Gasteiger partial charge < -0.3 is 11.1 Å². The maximum atomic E-state index is 12.6. The van der Waals surface area contributed by atoms with Crippen molar-refractivity contribution in [3.05, 3.63) is 88.4 Å². The molecule has 4 rings (SSSR count). The highest BCUT2D eigenvalue weighted by Crippen LogP contribution is 2.33. The van der Waals surface area contributed by atoms with Crippen LogP contribution in [0.3, 0.4) is 0 Å². The Morgan fingerprint density at radius 3 is 2.42 bits per heavy atom. The molecule has 2 amide bonds. The highest BCUT2D eigenvalue weighted by Gasteiger charge is 2.19. The van der Waals surface area contributed by atoms with E-state index in [0.717, 1.165) is 5.69 Å². The fraction of sp³-hybridized carbons (Fsp3) is 0.0435. The summed E-state index contributed by atoms with van der Waals surface area (Å²) < 4.78 is 1.82. The maximum absolute atomic E-state index is 12.6. The molecule has 0 bridgehead atoms. The van der Waals surface area contributed by atoms with Gasteiger partial charge in [-0.1, -0.05) is 65.3 Å². The number of para-hydroxylation sites is 2. The minimum absolute atomic E-state index is 0.0341. The van der Waals surface area contributed by atoms with E-state index in [1.807, 2.05) is 34.9 Å². The van der Waals surface area contributed by atoms with Crippen LogP contribution in [0.15, 0.2) is 78.0 Å². The van der Waals surface area contributed by atoms with Crippen LogP contribution in [-0.2, 0) is 4.79 Å². The number of halogens is 2. The van der Waals surface area contributed by atoms with Gasteiger partial charge in [0.25, 0.3) is 5.91 Å². The fourth-order valence-electron chi connectivity index (χ4n) is 3.14. The molecule has 4 aromatic rings. The van der Waals surface area contributed by atoms with Crippen LogP contribution >= 0.6 is 35.0 Å².